The molecule has 3 aliphatic rings. The first-order valence-electron chi connectivity index (χ1n) is 11.8. The molecular weight excluding hydrogens is 462 g/mol. The van der Waals surface area contributed by atoms with E-state index in [-0.39, 0.29) is 22.2 Å². The van der Waals surface area contributed by atoms with Crippen LogP contribution in [-0.4, -0.2) is 47.8 Å². The SMILES string of the molecule is COC1=CC(=C(c2cc3c4c(c2)CCCN4CCC3)c2ccccc2S(C)(=O)=O)C=C(OC)C1=O. The molecule has 0 spiro atoms. The summed E-state index contributed by atoms with van der Waals surface area (Å²) in [5, 5.41) is 0. The van der Waals surface area contributed by atoms with E-state index in [0.29, 0.717) is 11.1 Å². The number of ketones is 1. The van der Waals surface area contributed by atoms with Gasteiger partial charge in [0.05, 0.1) is 19.1 Å². The van der Waals surface area contributed by atoms with Gasteiger partial charge in [-0.2, -0.15) is 0 Å². The number of Topliss-reactive ketones (excluding diaryl/α,β-unsaturated/α-hetero) is 1. The number of benzene rings is 2. The standard InChI is InChI=1S/C28H29NO5S/c1-33-23-16-21(17-24(34-2)28(23)30)26(22-10-4-5-11-25(22)35(3,31)32)20-14-18-8-6-12-29-13-7-9-19(15-20)27(18)29/h4-5,10-11,14-17H,6-9,12-13H2,1-3H3. The number of hydrogen-bond acceptors (Lipinski definition) is 6. The van der Waals surface area contributed by atoms with Crippen LogP contribution in [0.25, 0.3) is 5.57 Å². The van der Waals surface area contributed by atoms with Gasteiger partial charge in [0, 0.05) is 30.6 Å². The normalized spacial score (nSPS) is 17.4. The lowest BCUT2D eigenvalue weighted by Crippen LogP contribution is -2.34. The minimum atomic E-state index is -3.52. The maximum absolute atomic E-state index is 12.8. The van der Waals surface area contributed by atoms with Gasteiger partial charge >= 0.3 is 0 Å². The molecule has 1 aliphatic carbocycles. The summed E-state index contributed by atoms with van der Waals surface area (Å²) in [6.45, 7) is 2.15. The molecule has 7 heteroatoms. The van der Waals surface area contributed by atoms with Crippen molar-refractivity contribution in [3.63, 3.8) is 0 Å². The largest absolute Gasteiger partial charge is 0.492 e. The van der Waals surface area contributed by atoms with Crippen LogP contribution in [0.2, 0.25) is 0 Å². The van der Waals surface area contributed by atoms with E-state index in [1.807, 2.05) is 12.1 Å². The lowest BCUT2D eigenvalue weighted by Gasteiger charge is -2.37. The Morgan fingerprint density at radius 3 is 2.03 bits per heavy atom. The van der Waals surface area contributed by atoms with E-state index in [2.05, 4.69) is 17.0 Å². The molecule has 35 heavy (non-hydrogen) atoms. The second-order valence-corrected chi connectivity index (χ2v) is 11.2. The molecule has 0 unspecified atom stereocenters. The van der Waals surface area contributed by atoms with Gasteiger partial charge in [0.2, 0.25) is 0 Å². The molecule has 0 bridgehead atoms. The van der Waals surface area contributed by atoms with Gasteiger partial charge in [0.1, 0.15) is 0 Å². The van der Waals surface area contributed by atoms with Crippen LogP contribution in [0.4, 0.5) is 5.69 Å². The molecule has 2 aromatic rings. The molecule has 182 valence electrons. The third-order valence-electron chi connectivity index (χ3n) is 6.93. The zero-order chi connectivity index (χ0) is 24.7. The Morgan fingerprint density at radius 2 is 1.49 bits per heavy atom. The summed E-state index contributed by atoms with van der Waals surface area (Å²) in [4.78, 5) is 15.4. The van der Waals surface area contributed by atoms with Crippen LogP contribution in [0.5, 0.6) is 0 Å². The third-order valence-corrected chi connectivity index (χ3v) is 8.08. The summed E-state index contributed by atoms with van der Waals surface area (Å²) in [5.41, 5.74) is 6.85. The van der Waals surface area contributed by atoms with Crippen LogP contribution in [-0.2, 0) is 36.9 Å². The third kappa shape index (κ3) is 4.18. The lowest BCUT2D eigenvalue weighted by atomic mass is 9.84. The van der Waals surface area contributed by atoms with E-state index < -0.39 is 9.84 Å². The van der Waals surface area contributed by atoms with Gasteiger partial charge in [-0.1, -0.05) is 18.2 Å². The summed E-state index contributed by atoms with van der Waals surface area (Å²) in [6.07, 6.45) is 8.74. The van der Waals surface area contributed by atoms with Crippen molar-refractivity contribution in [3.8, 4) is 0 Å². The van der Waals surface area contributed by atoms with Gasteiger partial charge in [0.15, 0.2) is 21.4 Å². The number of allylic oxidation sites excluding steroid dienone is 3. The number of nitrogens with zero attached hydrogens (tertiary/aromatic N) is 1. The number of sulfone groups is 1. The second kappa shape index (κ2) is 9.04. The van der Waals surface area contributed by atoms with Crippen molar-refractivity contribution in [2.45, 2.75) is 30.6 Å². The van der Waals surface area contributed by atoms with Crippen molar-refractivity contribution in [2.24, 2.45) is 0 Å². The zero-order valence-corrected chi connectivity index (χ0v) is 21.1. The number of anilines is 1. The highest BCUT2D eigenvalue weighted by Gasteiger charge is 2.29. The Balaban J connectivity index is 1.85. The van der Waals surface area contributed by atoms with E-state index >= 15 is 0 Å². The van der Waals surface area contributed by atoms with E-state index in [4.69, 9.17) is 9.47 Å². The van der Waals surface area contributed by atoms with Crippen molar-refractivity contribution in [3.05, 3.63) is 87.9 Å². The summed E-state index contributed by atoms with van der Waals surface area (Å²) in [5.74, 6) is -0.0380. The maximum atomic E-state index is 12.8. The zero-order valence-electron chi connectivity index (χ0n) is 20.3. The predicted octanol–water partition coefficient (Wildman–Crippen LogP) is 4.23. The fourth-order valence-corrected chi connectivity index (χ4v) is 6.34. The number of carbonyl (C=O) groups is 1. The van der Waals surface area contributed by atoms with E-state index in [9.17, 15) is 13.2 Å². The van der Waals surface area contributed by atoms with E-state index in [0.717, 1.165) is 49.9 Å². The monoisotopic (exact) mass is 491 g/mol. The molecule has 6 nitrogen and oxygen atoms in total. The van der Waals surface area contributed by atoms with Gasteiger partial charge in [-0.25, -0.2) is 8.42 Å². The number of rotatable bonds is 5. The van der Waals surface area contributed by atoms with Crippen LogP contribution in [0.1, 0.15) is 35.1 Å². The van der Waals surface area contributed by atoms with E-state index in [1.54, 1.807) is 24.3 Å². The number of hydrogen-bond donors (Lipinski definition) is 0. The van der Waals surface area contributed by atoms with Crippen molar-refractivity contribution in [1.82, 2.24) is 0 Å². The van der Waals surface area contributed by atoms with Gasteiger partial charge in [-0.05, 0) is 83.9 Å². The highest BCUT2D eigenvalue weighted by molar-refractivity contribution is 7.90. The minimum Gasteiger partial charge on any atom is -0.492 e. The Kier molecular flexibility index (Phi) is 6.05. The predicted molar refractivity (Wildman–Crippen MR) is 136 cm³/mol. The highest BCUT2D eigenvalue weighted by atomic mass is 32.2. The van der Waals surface area contributed by atoms with Crippen molar-refractivity contribution in [1.29, 1.82) is 0 Å². The molecule has 2 heterocycles. The Morgan fingerprint density at radius 1 is 0.914 bits per heavy atom. The molecule has 0 atom stereocenters. The molecule has 2 aliphatic heterocycles. The number of methoxy groups -OCH3 is 2. The maximum Gasteiger partial charge on any atom is 0.261 e. The number of carbonyl (C=O) groups excluding carboxylic acids is 1. The van der Waals surface area contributed by atoms with Crippen LogP contribution in [0.3, 0.4) is 0 Å². The van der Waals surface area contributed by atoms with Gasteiger partial charge < -0.3 is 14.4 Å². The Labute approximate surface area is 206 Å². The van der Waals surface area contributed by atoms with Crippen molar-refractivity contribution >= 4 is 26.9 Å². The number of ether oxygens (including phenoxy) is 2. The first-order valence-corrected chi connectivity index (χ1v) is 13.7. The van der Waals surface area contributed by atoms with Crippen LogP contribution >= 0.6 is 0 Å². The molecule has 0 amide bonds. The lowest BCUT2D eigenvalue weighted by molar-refractivity contribution is -0.117. The van der Waals surface area contributed by atoms with Crippen LogP contribution < -0.4 is 4.90 Å². The van der Waals surface area contributed by atoms with Gasteiger partial charge in [-0.15, -0.1) is 0 Å². The van der Waals surface area contributed by atoms with Crippen molar-refractivity contribution < 1.29 is 22.7 Å². The molecule has 2 aromatic carbocycles. The minimum absolute atomic E-state index is 0.152. The Bertz CT molecular complexity index is 1360. The van der Waals surface area contributed by atoms with Crippen LogP contribution in [0, 0.1) is 0 Å². The summed E-state index contributed by atoms with van der Waals surface area (Å²) < 4.78 is 36.4. The molecule has 0 fully saturated rings. The molecule has 0 saturated carbocycles. The molecular formula is C28H29NO5S. The molecule has 0 radical (unpaired) electrons. The van der Waals surface area contributed by atoms with Gasteiger partial charge in [-0.3, -0.25) is 4.79 Å². The smallest absolute Gasteiger partial charge is 0.261 e. The first kappa shape index (κ1) is 23.4. The first-order chi connectivity index (χ1) is 16.8. The van der Waals surface area contributed by atoms with Gasteiger partial charge in [0.25, 0.3) is 5.78 Å². The van der Waals surface area contributed by atoms with E-state index in [1.165, 1.54) is 37.3 Å². The fourth-order valence-electron chi connectivity index (χ4n) is 5.45. The average molecular weight is 492 g/mol. The highest BCUT2D eigenvalue weighted by Crippen LogP contribution is 2.41. The van der Waals surface area contributed by atoms with Crippen LogP contribution in [0.15, 0.2) is 70.5 Å². The number of aryl methyl sites for hydroxylation is 2. The molecule has 0 N–H and O–H groups in total. The summed E-state index contributed by atoms with van der Waals surface area (Å²) in [7, 11) is -0.626. The fraction of sp³-hybridized carbons (Fsp3) is 0.321. The second-order valence-electron chi connectivity index (χ2n) is 9.19. The summed E-state index contributed by atoms with van der Waals surface area (Å²) in [6, 6.07) is 11.4. The quantitative estimate of drug-likeness (QED) is 0.623. The molecule has 0 aromatic heterocycles. The molecule has 5 rings (SSSR count). The van der Waals surface area contributed by atoms with Crippen molar-refractivity contribution in [2.75, 3.05) is 38.5 Å². The Hall–Kier alpha value is -3.32. The topological polar surface area (TPSA) is 72.9 Å². The molecule has 0 saturated heterocycles. The average Bonchev–Trinajstić information content (AvgIpc) is 2.85. The summed E-state index contributed by atoms with van der Waals surface area (Å²) >= 11 is 0.